The van der Waals surface area contributed by atoms with Crippen molar-refractivity contribution in [3.63, 3.8) is 0 Å². The van der Waals surface area contributed by atoms with Crippen LogP contribution in [0.5, 0.6) is 0 Å². The molecule has 0 unspecified atom stereocenters. The molecule has 1 aromatic carbocycles. The Bertz CT molecular complexity index is 814. The predicted octanol–water partition coefficient (Wildman–Crippen LogP) is 4.54. The van der Waals surface area contributed by atoms with E-state index in [2.05, 4.69) is 17.6 Å². The number of nitrogens with one attached hydrogen (secondary N) is 2. The molecule has 0 saturated heterocycles. The van der Waals surface area contributed by atoms with Gasteiger partial charge in [0.05, 0.1) is 28.2 Å². The molecule has 3 N–H and O–H groups in total. The molecule has 2 amide bonds. The topological polar surface area (TPSA) is 78.4 Å². The summed E-state index contributed by atoms with van der Waals surface area (Å²) in [6.07, 6.45) is 4.55. The van der Waals surface area contributed by atoms with Gasteiger partial charge in [-0.3, -0.25) is 9.59 Å². The normalized spacial score (nSPS) is 26.8. The fourth-order valence-electron chi connectivity index (χ4n) is 4.96. The van der Waals surface area contributed by atoms with Crippen LogP contribution in [0.3, 0.4) is 0 Å². The third kappa shape index (κ3) is 4.92. The molecule has 1 aromatic rings. The number of hydrogen-bond acceptors (Lipinski definition) is 3. The highest BCUT2D eigenvalue weighted by Gasteiger charge is 2.43. The van der Waals surface area contributed by atoms with Crippen LogP contribution in [0.2, 0.25) is 10.0 Å². The van der Waals surface area contributed by atoms with E-state index in [1.54, 1.807) is 0 Å². The third-order valence-electron chi connectivity index (χ3n) is 6.64. The summed E-state index contributed by atoms with van der Waals surface area (Å²) in [5.41, 5.74) is -0.143. The van der Waals surface area contributed by atoms with Crippen molar-refractivity contribution in [2.75, 3.05) is 0 Å². The molecule has 2 aliphatic carbocycles. The molecule has 3 rings (SSSR count). The summed E-state index contributed by atoms with van der Waals surface area (Å²) in [4.78, 5) is 24.5. The zero-order valence-corrected chi connectivity index (χ0v) is 18.8. The van der Waals surface area contributed by atoms with E-state index in [-0.39, 0.29) is 39.3 Å². The van der Waals surface area contributed by atoms with E-state index < -0.39 is 29.9 Å². The van der Waals surface area contributed by atoms with Crippen LogP contribution >= 0.6 is 23.2 Å². The van der Waals surface area contributed by atoms with Gasteiger partial charge in [-0.1, -0.05) is 49.4 Å². The molecule has 4 atom stereocenters. The smallest absolute Gasteiger partial charge is 0.223 e. The van der Waals surface area contributed by atoms with E-state index in [9.17, 15) is 19.1 Å². The van der Waals surface area contributed by atoms with E-state index in [0.29, 0.717) is 6.42 Å². The van der Waals surface area contributed by atoms with E-state index in [4.69, 9.17) is 23.2 Å². The highest BCUT2D eigenvalue weighted by molar-refractivity contribution is 6.42. The van der Waals surface area contributed by atoms with Crippen LogP contribution in [-0.2, 0) is 9.59 Å². The summed E-state index contributed by atoms with van der Waals surface area (Å²) in [5, 5.41) is 16.3. The Morgan fingerprint density at radius 2 is 1.87 bits per heavy atom. The highest BCUT2D eigenvalue weighted by atomic mass is 35.5. The van der Waals surface area contributed by atoms with E-state index >= 15 is 0 Å². The summed E-state index contributed by atoms with van der Waals surface area (Å²) in [7, 11) is 0. The quantitative estimate of drug-likeness (QED) is 0.566. The first-order valence-electron chi connectivity index (χ1n) is 10.5. The summed E-state index contributed by atoms with van der Waals surface area (Å²) < 4.78 is 14.9. The molecular weight excluding hydrogens is 430 g/mol. The lowest BCUT2D eigenvalue weighted by Crippen LogP contribution is -2.43. The molecule has 2 fully saturated rings. The number of halogens is 3. The maximum Gasteiger partial charge on any atom is 0.223 e. The lowest BCUT2D eigenvalue weighted by Gasteiger charge is -2.42. The lowest BCUT2D eigenvalue weighted by atomic mass is 9.68. The molecule has 0 radical (unpaired) electrons. The molecule has 166 valence electrons. The van der Waals surface area contributed by atoms with Gasteiger partial charge < -0.3 is 15.7 Å². The Balaban J connectivity index is 1.88. The minimum atomic E-state index is -0.792. The maximum atomic E-state index is 14.9. The molecule has 0 bridgehead atoms. The third-order valence-corrected chi connectivity index (χ3v) is 7.45. The van der Waals surface area contributed by atoms with Gasteiger partial charge in [0, 0.05) is 18.4 Å². The summed E-state index contributed by atoms with van der Waals surface area (Å²) in [6, 6.07) is 1.60. The number of carbonyl (C=O) groups is 2. The number of amides is 2. The zero-order chi connectivity index (χ0) is 22.1. The van der Waals surface area contributed by atoms with Gasteiger partial charge in [-0.15, -0.1) is 0 Å². The Labute approximate surface area is 186 Å². The molecule has 5 nitrogen and oxygen atoms in total. The van der Waals surface area contributed by atoms with Gasteiger partial charge in [0.1, 0.15) is 5.82 Å². The summed E-state index contributed by atoms with van der Waals surface area (Å²) in [5.74, 6) is -1.49. The number of carbonyl (C=O) groups excluding carboxylic acids is 2. The molecule has 0 aromatic heterocycles. The van der Waals surface area contributed by atoms with Crippen molar-refractivity contribution < 1.29 is 19.1 Å². The minimum absolute atomic E-state index is 0.122. The first-order chi connectivity index (χ1) is 14.1. The van der Waals surface area contributed by atoms with Gasteiger partial charge in [0.15, 0.2) is 0 Å². The Kier molecular flexibility index (Phi) is 7.31. The molecular formula is C22H29Cl2FN2O3. The van der Waals surface area contributed by atoms with E-state index in [1.165, 1.54) is 19.1 Å². The van der Waals surface area contributed by atoms with Crippen molar-refractivity contribution in [2.24, 2.45) is 11.3 Å². The van der Waals surface area contributed by atoms with Crippen LogP contribution in [0.1, 0.15) is 70.4 Å². The molecule has 30 heavy (non-hydrogen) atoms. The van der Waals surface area contributed by atoms with Gasteiger partial charge >= 0.3 is 0 Å². The number of aliphatic hydroxyl groups excluding tert-OH is 1. The van der Waals surface area contributed by atoms with E-state index in [0.717, 1.165) is 32.1 Å². The Morgan fingerprint density at radius 1 is 1.20 bits per heavy atom. The number of hydrogen-bond donors (Lipinski definition) is 3. The van der Waals surface area contributed by atoms with Crippen molar-refractivity contribution in [1.29, 1.82) is 0 Å². The molecule has 2 aliphatic rings. The molecule has 0 heterocycles. The van der Waals surface area contributed by atoms with Gasteiger partial charge in [0.2, 0.25) is 11.8 Å². The van der Waals surface area contributed by atoms with E-state index in [1.807, 2.05) is 0 Å². The van der Waals surface area contributed by atoms with Crippen LogP contribution in [-0.4, -0.2) is 29.1 Å². The molecule has 2 saturated carbocycles. The van der Waals surface area contributed by atoms with Gasteiger partial charge in [-0.05, 0) is 43.2 Å². The average Bonchev–Trinajstić information content (AvgIpc) is 3.04. The zero-order valence-electron chi connectivity index (χ0n) is 17.3. The largest absolute Gasteiger partial charge is 0.391 e. The van der Waals surface area contributed by atoms with Crippen LogP contribution in [0.4, 0.5) is 4.39 Å². The monoisotopic (exact) mass is 458 g/mol. The lowest BCUT2D eigenvalue weighted by molar-refractivity contribution is -0.127. The van der Waals surface area contributed by atoms with Crippen LogP contribution in [0.15, 0.2) is 12.1 Å². The summed E-state index contributed by atoms with van der Waals surface area (Å²) in [6.45, 7) is 3.43. The summed E-state index contributed by atoms with van der Waals surface area (Å²) >= 11 is 12.6. The maximum absolute atomic E-state index is 14.9. The predicted molar refractivity (Wildman–Crippen MR) is 115 cm³/mol. The van der Waals surface area contributed by atoms with Crippen molar-refractivity contribution in [3.05, 3.63) is 33.6 Å². The number of rotatable bonds is 5. The second-order valence-electron chi connectivity index (χ2n) is 8.96. The first kappa shape index (κ1) is 23.3. The minimum Gasteiger partial charge on any atom is -0.391 e. The second-order valence-corrected chi connectivity index (χ2v) is 9.74. The van der Waals surface area contributed by atoms with Crippen molar-refractivity contribution in [2.45, 2.75) is 77.0 Å². The van der Waals surface area contributed by atoms with Gasteiger partial charge in [-0.25, -0.2) is 4.39 Å². The standard InChI is InChI=1S/C22H29Cl2FN2O3/c1-12(28)26-16-10-13(11-17(16)29)21(30)27-20(22(2)8-4-3-5-9-22)18-15(25)7-6-14(23)19(18)24/h6-7,13,16-17,20,29H,3-5,8-11H2,1-2H3,(H,26,28)(H,27,30)/t13-,16+,17-,20-/m1/s1. The van der Waals surface area contributed by atoms with Crippen LogP contribution in [0.25, 0.3) is 0 Å². The highest BCUT2D eigenvalue weighted by Crippen LogP contribution is 2.49. The Morgan fingerprint density at radius 3 is 2.50 bits per heavy atom. The van der Waals surface area contributed by atoms with Crippen LogP contribution in [0, 0.1) is 17.2 Å². The molecule has 0 aliphatic heterocycles. The SMILES string of the molecule is CC(=O)N[C@H]1C[C@@H](C(=O)N[C@H](c2c(F)ccc(Cl)c2Cl)C2(C)CCCCC2)C[C@H]1O. The first-order valence-corrected chi connectivity index (χ1v) is 11.3. The van der Waals surface area contributed by atoms with Crippen molar-refractivity contribution >= 4 is 35.0 Å². The van der Waals surface area contributed by atoms with Gasteiger partial charge in [0.25, 0.3) is 0 Å². The van der Waals surface area contributed by atoms with Crippen molar-refractivity contribution in [3.8, 4) is 0 Å². The van der Waals surface area contributed by atoms with Gasteiger partial charge in [-0.2, -0.15) is 0 Å². The fraction of sp³-hybridized carbons (Fsp3) is 0.636. The fourth-order valence-corrected chi connectivity index (χ4v) is 5.38. The molecule has 8 heteroatoms. The Hall–Kier alpha value is -1.37. The number of aliphatic hydroxyl groups is 1. The second kappa shape index (κ2) is 9.41. The molecule has 0 spiro atoms. The number of benzene rings is 1. The van der Waals surface area contributed by atoms with Crippen molar-refractivity contribution in [1.82, 2.24) is 10.6 Å². The average molecular weight is 459 g/mol. The van der Waals surface area contributed by atoms with Crippen LogP contribution < -0.4 is 10.6 Å².